The molecule has 0 bridgehead atoms. The fourth-order valence-electron chi connectivity index (χ4n) is 2.28. The van der Waals surface area contributed by atoms with E-state index in [9.17, 15) is 4.79 Å². The number of aromatic nitrogens is 2. The van der Waals surface area contributed by atoms with Crippen LogP contribution in [0.4, 0.5) is 10.8 Å². The van der Waals surface area contributed by atoms with Crippen molar-refractivity contribution in [3.05, 3.63) is 46.7 Å². The van der Waals surface area contributed by atoms with E-state index in [2.05, 4.69) is 26.9 Å². The minimum absolute atomic E-state index is 0.00555. The molecule has 9 heteroatoms. The van der Waals surface area contributed by atoms with Crippen molar-refractivity contribution >= 4 is 51.2 Å². The first-order chi connectivity index (χ1) is 13.2. The number of carbonyl (C=O) groups is 1. The average molecular weight is 421 g/mol. The van der Waals surface area contributed by atoms with Crippen LogP contribution in [0, 0.1) is 0 Å². The van der Waals surface area contributed by atoms with Gasteiger partial charge in [-0.1, -0.05) is 41.3 Å². The normalized spacial score (nSPS) is 11.8. The number of hydrogen-bond donors (Lipinski definition) is 2. The van der Waals surface area contributed by atoms with E-state index in [0.717, 1.165) is 22.2 Å². The molecule has 3 aromatic rings. The van der Waals surface area contributed by atoms with Crippen molar-refractivity contribution in [2.24, 2.45) is 0 Å². The lowest BCUT2D eigenvalue weighted by molar-refractivity contribution is -0.120. The summed E-state index contributed by atoms with van der Waals surface area (Å²) in [6, 6.07) is 11.7. The van der Waals surface area contributed by atoms with Gasteiger partial charge in [-0.2, -0.15) is 0 Å². The molecule has 1 atom stereocenters. The topological polar surface area (TPSA) is 76.1 Å². The summed E-state index contributed by atoms with van der Waals surface area (Å²) in [5.41, 5.74) is 0.826. The number of nitrogens with zero attached hydrogens (tertiary/aromatic N) is 2. The Hall–Kier alpha value is -2.10. The van der Waals surface area contributed by atoms with Crippen molar-refractivity contribution in [1.29, 1.82) is 0 Å². The quantitative estimate of drug-likeness (QED) is 0.506. The van der Waals surface area contributed by atoms with Gasteiger partial charge in [-0.05, 0) is 36.9 Å². The van der Waals surface area contributed by atoms with Crippen molar-refractivity contribution in [2.45, 2.75) is 22.9 Å². The molecule has 1 amide bonds. The number of hydrogen-bond acceptors (Lipinski definition) is 8. The van der Waals surface area contributed by atoms with Gasteiger partial charge in [0.25, 0.3) is 0 Å². The molecular weight excluding hydrogens is 400 g/mol. The molecule has 2 N–H and O–H groups in total. The van der Waals surface area contributed by atoms with Gasteiger partial charge in [-0.3, -0.25) is 4.79 Å². The molecule has 1 aromatic carbocycles. The number of thiophene rings is 1. The molecule has 27 heavy (non-hydrogen) atoms. The summed E-state index contributed by atoms with van der Waals surface area (Å²) in [6.07, 6.45) is 0.854. The first kappa shape index (κ1) is 19.7. The minimum Gasteiger partial charge on any atom is -0.495 e. The summed E-state index contributed by atoms with van der Waals surface area (Å²) < 4.78 is 6.06. The molecule has 2 aromatic heterocycles. The van der Waals surface area contributed by atoms with Gasteiger partial charge in [0.05, 0.1) is 18.0 Å². The van der Waals surface area contributed by atoms with E-state index in [4.69, 9.17) is 4.74 Å². The zero-order valence-corrected chi connectivity index (χ0v) is 17.4. The summed E-state index contributed by atoms with van der Waals surface area (Å²) in [4.78, 5) is 13.5. The molecule has 0 fully saturated rings. The molecular formula is C18H20N4O2S3. The number of anilines is 2. The van der Waals surface area contributed by atoms with Crippen LogP contribution in [0.3, 0.4) is 0 Å². The minimum atomic E-state index is -0.236. The molecule has 6 nitrogen and oxygen atoms in total. The molecule has 3 rings (SSSR count). The van der Waals surface area contributed by atoms with E-state index in [-0.39, 0.29) is 11.2 Å². The Labute approximate surface area is 170 Å². The maximum atomic E-state index is 12.3. The fourth-order valence-corrected chi connectivity index (χ4v) is 4.92. The largest absolute Gasteiger partial charge is 0.495 e. The number of benzene rings is 1. The molecule has 0 aliphatic rings. The number of ether oxygens (including phenoxy) is 1. The smallest absolute Gasteiger partial charge is 0.233 e. The van der Waals surface area contributed by atoms with Gasteiger partial charge in [0, 0.05) is 11.4 Å². The van der Waals surface area contributed by atoms with Crippen molar-refractivity contribution in [1.82, 2.24) is 15.5 Å². The van der Waals surface area contributed by atoms with Crippen LogP contribution < -0.4 is 15.4 Å². The third-order valence-corrected chi connectivity index (χ3v) is 6.61. The predicted octanol–water partition coefficient (Wildman–Crippen LogP) is 4.19. The number of para-hydroxylation sites is 2. The van der Waals surface area contributed by atoms with E-state index in [1.54, 1.807) is 18.4 Å². The van der Waals surface area contributed by atoms with Crippen molar-refractivity contribution in [3.8, 4) is 5.75 Å². The first-order valence-electron chi connectivity index (χ1n) is 8.36. The Balaban J connectivity index is 1.49. The average Bonchev–Trinajstić information content (AvgIpc) is 3.34. The molecule has 0 aliphatic carbocycles. The van der Waals surface area contributed by atoms with E-state index >= 15 is 0 Å². The zero-order valence-electron chi connectivity index (χ0n) is 15.0. The lowest BCUT2D eigenvalue weighted by Gasteiger charge is -2.09. The van der Waals surface area contributed by atoms with Gasteiger partial charge in [0.1, 0.15) is 5.75 Å². The summed E-state index contributed by atoms with van der Waals surface area (Å²) in [5.74, 6) is 0.742. The number of carbonyl (C=O) groups excluding carboxylic acids is 1. The van der Waals surface area contributed by atoms with Gasteiger partial charge < -0.3 is 15.4 Å². The van der Waals surface area contributed by atoms with Crippen LogP contribution in [-0.2, 0) is 11.2 Å². The van der Waals surface area contributed by atoms with E-state index < -0.39 is 0 Å². The van der Waals surface area contributed by atoms with Crippen LogP contribution in [0.5, 0.6) is 5.75 Å². The van der Waals surface area contributed by atoms with Crippen LogP contribution in [0.25, 0.3) is 0 Å². The first-order valence-corrected chi connectivity index (χ1v) is 10.9. The van der Waals surface area contributed by atoms with E-state index in [0.29, 0.717) is 11.7 Å². The summed E-state index contributed by atoms with van der Waals surface area (Å²) in [6.45, 7) is 2.51. The third-order valence-electron chi connectivity index (χ3n) is 3.65. The number of methoxy groups -OCH3 is 1. The molecule has 0 aliphatic heterocycles. The molecule has 0 radical (unpaired) electrons. The maximum absolute atomic E-state index is 12.3. The third kappa shape index (κ3) is 5.69. The molecule has 2 heterocycles. The van der Waals surface area contributed by atoms with Gasteiger partial charge >= 0.3 is 0 Å². The lowest BCUT2D eigenvalue weighted by Crippen LogP contribution is -2.32. The Bertz CT molecular complexity index is 867. The summed E-state index contributed by atoms with van der Waals surface area (Å²) >= 11 is 4.52. The van der Waals surface area contributed by atoms with E-state index in [1.807, 2.05) is 42.6 Å². The highest BCUT2D eigenvalue weighted by molar-refractivity contribution is 8.02. The highest BCUT2D eigenvalue weighted by Gasteiger charge is 2.17. The lowest BCUT2D eigenvalue weighted by atomic mass is 10.3. The summed E-state index contributed by atoms with van der Waals surface area (Å²) in [7, 11) is 1.63. The monoisotopic (exact) mass is 420 g/mol. The van der Waals surface area contributed by atoms with Crippen molar-refractivity contribution in [2.75, 3.05) is 19.0 Å². The highest BCUT2D eigenvalue weighted by Crippen LogP contribution is 2.32. The van der Waals surface area contributed by atoms with Crippen molar-refractivity contribution in [3.63, 3.8) is 0 Å². The van der Waals surface area contributed by atoms with E-state index in [1.165, 1.54) is 28.0 Å². The van der Waals surface area contributed by atoms with Crippen LogP contribution in [0.1, 0.15) is 11.8 Å². The second kappa shape index (κ2) is 9.72. The molecule has 0 spiro atoms. The standard InChI is InChI=1S/C18H20N4O2S3/c1-12(16(23)19-10-9-13-6-5-11-25-13)26-18-22-21-17(27-18)20-14-7-3-4-8-15(14)24-2/h3-8,11-12H,9-10H2,1-2H3,(H,19,23)(H,20,21). The van der Waals surface area contributed by atoms with Crippen LogP contribution >= 0.6 is 34.4 Å². The number of nitrogens with one attached hydrogen (secondary N) is 2. The number of rotatable bonds is 9. The molecule has 0 saturated carbocycles. The Morgan fingerprint density at radius 3 is 2.89 bits per heavy atom. The second-order valence-electron chi connectivity index (χ2n) is 5.58. The summed E-state index contributed by atoms with van der Waals surface area (Å²) in [5, 5.41) is 17.0. The SMILES string of the molecule is COc1ccccc1Nc1nnc(SC(C)C(=O)NCCc2cccs2)s1. The zero-order chi connectivity index (χ0) is 19.1. The molecule has 1 unspecified atom stereocenters. The Morgan fingerprint density at radius 2 is 2.11 bits per heavy atom. The van der Waals surface area contributed by atoms with Gasteiger partial charge in [0.2, 0.25) is 11.0 Å². The molecule has 0 saturated heterocycles. The number of thioether (sulfide) groups is 1. The Morgan fingerprint density at radius 1 is 1.26 bits per heavy atom. The highest BCUT2D eigenvalue weighted by atomic mass is 32.2. The van der Waals surface area contributed by atoms with Crippen LogP contribution in [0.15, 0.2) is 46.1 Å². The number of amides is 1. The Kier molecular flexibility index (Phi) is 7.08. The van der Waals surface area contributed by atoms with Gasteiger partial charge in [-0.15, -0.1) is 21.5 Å². The van der Waals surface area contributed by atoms with Crippen LogP contribution in [0.2, 0.25) is 0 Å². The van der Waals surface area contributed by atoms with Gasteiger partial charge in [-0.25, -0.2) is 0 Å². The second-order valence-corrected chi connectivity index (χ2v) is 9.18. The van der Waals surface area contributed by atoms with Crippen LogP contribution in [-0.4, -0.2) is 35.0 Å². The maximum Gasteiger partial charge on any atom is 0.233 e. The fraction of sp³-hybridized carbons (Fsp3) is 0.278. The van der Waals surface area contributed by atoms with Gasteiger partial charge in [0.15, 0.2) is 4.34 Å². The molecule has 142 valence electrons. The van der Waals surface area contributed by atoms with Crippen molar-refractivity contribution < 1.29 is 9.53 Å². The predicted molar refractivity (Wildman–Crippen MR) is 113 cm³/mol.